The molecular formula is C30H41N3O6. The van der Waals surface area contributed by atoms with Crippen molar-refractivity contribution in [2.45, 2.75) is 70.1 Å². The molecule has 3 rings (SSSR count). The molecule has 0 saturated carbocycles. The molecule has 3 atom stereocenters. The number of carbonyl (C=O) groups is 2. The number of nitrogens with zero attached hydrogens (tertiary/aromatic N) is 1. The van der Waals surface area contributed by atoms with Crippen molar-refractivity contribution in [1.82, 2.24) is 10.4 Å². The number of aliphatic hydroxyl groups is 1. The fourth-order valence-electron chi connectivity index (χ4n) is 4.64. The van der Waals surface area contributed by atoms with Gasteiger partial charge in [0, 0.05) is 43.6 Å². The Bertz CT molecular complexity index is 1060. The molecule has 0 spiro atoms. The number of aliphatic hydroxyl groups excluding tert-OH is 1. The second-order valence-corrected chi connectivity index (χ2v) is 9.98. The summed E-state index contributed by atoms with van der Waals surface area (Å²) >= 11 is 0. The van der Waals surface area contributed by atoms with E-state index in [0.29, 0.717) is 24.9 Å². The molecule has 0 bridgehead atoms. The van der Waals surface area contributed by atoms with E-state index in [2.05, 4.69) is 16.8 Å². The van der Waals surface area contributed by atoms with Crippen molar-refractivity contribution in [2.24, 2.45) is 0 Å². The van der Waals surface area contributed by atoms with Crippen molar-refractivity contribution in [3.05, 3.63) is 77.9 Å². The van der Waals surface area contributed by atoms with E-state index in [9.17, 15) is 14.7 Å². The summed E-state index contributed by atoms with van der Waals surface area (Å²) in [6, 6.07) is 15.3. The monoisotopic (exact) mass is 539 g/mol. The summed E-state index contributed by atoms with van der Waals surface area (Å²) in [5.74, 6) is -0.462. The third-order valence-corrected chi connectivity index (χ3v) is 6.70. The van der Waals surface area contributed by atoms with Gasteiger partial charge in [-0.25, -0.2) is 5.48 Å². The lowest BCUT2D eigenvalue weighted by Gasteiger charge is -2.37. The van der Waals surface area contributed by atoms with Crippen LogP contribution in [0.3, 0.4) is 0 Å². The predicted octanol–water partition coefficient (Wildman–Crippen LogP) is 4.63. The highest BCUT2D eigenvalue weighted by Gasteiger charge is 2.32. The van der Waals surface area contributed by atoms with Crippen molar-refractivity contribution in [1.29, 1.82) is 0 Å². The van der Waals surface area contributed by atoms with E-state index in [1.807, 2.05) is 61.7 Å². The number of nitrogens with one attached hydrogen (secondary N) is 2. The van der Waals surface area contributed by atoms with E-state index in [0.717, 1.165) is 49.0 Å². The Labute approximate surface area is 230 Å². The maximum atomic E-state index is 12.5. The molecule has 0 aromatic heterocycles. The SMILES string of the molecule is C=CCN(C)C[C@H]1C[C@@H](c2ccc(CO)cc2)O[C@@H](c2cccc(NC(=O)CCCCCCC(=O)NO)c2)O1. The van der Waals surface area contributed by atoms with Crippen LogP contribution in [0, 0.1) is 0 Å². The summed E-state index contributed by atoms with van der Waals surface area (Å²) in [4.78, 5) is 25.7. The molecule has 1 aliphatic rings. The third-order valence-electron chi connectivity index (χ3n) is 6.70. The van der Waals surface area contributed by atoms with Crippen molar-refractivity contribution in [2.75, 3.05) is 25.5 Å². The van der Waals surface area contributed by atoms with Crippen LogP contribution in [0.15, 0.2) is 61.2 Å². The van der Waals surface area contributed by atoms with E-state index in [-0.39, 0.29) is 37.0 Å². The number of carbonyl (C=O) groups excluding carboxylic acids is 2. The van der Waals surface area contributed by atoms with Gasteiger partial charge in [0.15, 0.2) is 6.29 Å². The van der Waals surface area contributed by atoms with Gasteiger partial charge in [-0.2, -0.15) is 0 Å². The van der Waals surface area contributed by atoms with Crippen LogP contribution in [0.25, 0.3) is 0 Å². The lowest BCUT2D eigenvalue weighted by atomic mass is 9.99. The Morgan fingerprint density at radius 3 is 2.41 bits per heavy atom. The number of ether oxygens (including phenoxy) is 2. The molecular weight excluding hydrogens is 498 g/mol. The molecule has 2 amide bonds. The smallest absolute Gasteiger partial charge is 0.243 e. The van der Waals surface area contributed by atoms with Crippen molar-refractivity contribution in [3.8, 4) is 0 Å². The minimum atomic E-state index is -0.601. The fourth-order valence-corrected chi connectivity index (χ4v) is 4.64. The van der Waals surface area contributed by atoms with E-state index in [4.69, 9.17) is 14.7 Å². The van der Waals surface area contributed by atoms with Crippen LogP contribution in [0.5, 0.6) is 0 Å². The first-order chi connectivity index (χ1) is 18.9. The molecule has 1 saturated heterocycles. The first-order valence-corrected chi connectivity index (χ1v) is 13.5. The highest BCUT2D eigenvalue weighted by atomic mass is 16.7. The molecule has 212 valence electrons. The molecule has 9 heteroatoms. The van der Waals surface area contributed by atoms with Gasteiger partial charge in [-0.1, -0.05) is 55.3 Å². The number of hydrogen-bond donors (Lipinski definition) is 4. The van der Waals surface area contributed by atoms with E-state index in [1.165, 1.54) is 0 Å². The van der Waals surface area contributed by atoms with Crippen LogP contribution < -0.4 is 10.8 Å². The Kier molecular flexibility index (Phi) is 12.6. The standard InChI is InChI=1S/C30H41N3O6/c1-3-17-33(2)20-26-19-27(23-15-13-22(21-34)14-16-23)39-30(38-26)24-9-8-10-25(18-24)31-28(35)11-6-4-5-7-12-29(36)32-37/h3,8-10,13-16,18,26-27,30,34,37H,1,4-7,11-12,17,19-21H2,2H3,(H,31,35)(H,32,36)/t26-,27+,30+/m1/s1. The number of anilines is 1. The van der Waals surface area contributed by atoms with Crippen molar-refractivity contribution >= 4 is 17.5 Å². The average molecular weight is 540 g/mol. The molecule has 1 fully saturated rings. The van der Waals surface area contributed by atoms with Crippen LogP contribution in [0.4, 0.5) is 5.69 Å². The fraction of sp³-hybridized carbons (Fsp3) is 0.467. The summed E-state index contributed by atoms with van der Waals surface area (Å²) in [5.41, 5.74) is 5.00. The van der Waals surface area contributed by atoms with Gasteiger partial charge in [-0.15, -0.1) is 6.58 Å². The Hall–Kier alpha value is -3.08. The quantitative estimate of drug-likeness (QED) is 0.113. The number of hydrogen-bond acceptors (Lipinski definition) is 7. The van der Waals surface area contributed by atoms with Gasteiger partial charge in [-0.3, -0.25) is 14.8 Å². The molecule has 2 aromatic rings. The predicted molar refractivity (Wildman–Crippen MR) is 149 cm³/mol. The van der Waals surface area contributed by atoms with Gasteiger partial charge >= 0.3 is 0 Å². The summed E-state index contributed by atoms with van der Waals surface area (Å²) in [6.07, 6.45) is 5.41. The Morgan fingerprint density at radius 1 is 1.03 bits per heavy atom. The second-order valence-electron chi connectivity index (χ2n) is 9.98. The molecule has 4 N–H and O–H groups in total. The van der Waals surface area contributed by atoms with Crippen LogP contribution in [-0.4, -0.2) is 53.3 Å². The lowest BCUT2D eigenvalue weighted by molar-refractivity contribution is -0.252. The molecule has 39 heavy (non-hydrogen) atoms. The molecule has 9 nitrogen and oxygen atoms in total. The minimum Gasteiger partial charge on any atom is -0.392 e. The molecule has 1 aliphatic heterocycles. The summed E-state index contributed by atoms with van der Waals surface area (Å²) < 4.78 is 12.8. The maximum absolute atomic E-state index is 12.5. The molecule has 0 aliphatic carbocycles. The minimum absolute atomic E-state index is 0.00558. The first kappa shape index (κ1) is 30.5. The summed E-state index contributed by atoms with van der Waals surface area (Å²) in [7, 11) is 2.03. The molecule has 1 heterocycles. The highest BCUT2D eigenvalue weighted by Crippen LogP contribution is 2.38. The zero-order valence-electron chi connectivity index (χ0n) is 22.7. The Morgan fingerprint density at radius 2 is 1.74 bits per heavy atom. The Balaban J connectivity index is 1.61. The van der Waals surface area contributed by atoms with Gasteiger partial charge in [0.05, 0.1) is 18.8 Å². The number of unbranched alkanes of at least 4 members (excludes halogenated alkanes) is 3. The molecule has 2 aromatic carbocycles. The maximum Gasteiger partial charge on any atom is 0.243 e. The van der Waals surface area contributed by atoms with Crippen molar-refractivity contribution in [3.63, 3.8) is 0 Å². The number of benzene rings is 2. The van der Waals surface area contributed by atoms with Crippen LogP contribution in [0.1, 0.15) is 74.0 Å². The number of hydroxylamine groups is 1. The summed E-state index contributed by atoms with van der Waals surface area (Å²) in [5, 5.41) is 20.9. The molecule has 0 unspecified atom stereocenters. The largest absolute Gasteiger partial charge is 0.392 e. The highest BCUT2D eigenvalue weighted by molar-refractivity contribution is 5.90. The summed E-state index contributed by atoms with van der Waals surface area (Å²) in [6.45, 7) is 5.29. The van der Waals surface area contributed by atoms with Gasteiger partial charge in [0.25, 0.3) is 0 Å². The van der Waals surface area contributed by atoms with Gasteiger partial charge in [0.2, 0.25) is 11.8 Å². The second kappa shape index (κ2) is 16.1. The van der Waals surface area contributed by atoms with E-state index >= 15 is 0 Å². The van der Waals surface area contributed by atoms with Gasteiger partial charge in [-0.05, 0) is 43.1 Å². The van der Waals surface area contributed by atoms with Crippen LogP contribution in [0.2, 0.25) is 0 Å². The number of rotatable bonds is 15. The van der Waals surface area contributed by atoms with Crippen molar-refractivity contribution < 1.29 is 29.4 Å². The van der Waals surface area contributed by atoms with Gasteiger partial charge in [0.1, 0.15) is 0 Å². The number of likely N-dealkylation sites (N-methyl/N-ethyl adjacent to an activating group) is 1. The van der Waals surface area contributed by atoms with E-state index in [1.54, 1.807) is 5.48 Å². The molecule has 0 radical (unpaired) electrons. The zero-order valence-corrected chi connectivity index (χ0v) is 22.7. The lowest BCUT2D eigenvalue weighted by Crippen LogP contribution is -2.37. The van der Waals surface area contributed by atoms with Gasteiger partial charge < -0.3 is 24.8 Å². The first-order valence-electron chi connectivity index (χ1n) is 13.5. The number of amides is 2. The van der Waals surface area contributed by atoms with Crippen LogP contribution in [-0.2, 0) is 25.7 Å². The topological polar surface area (TPSA) is 120 Å². The average Bonchev–Trinajstić information content (AvgIpc) is 2.94. The zero-order chi connectivity index (χ0) is 28.0. The van der Waals surface area contributed by atoms with Crippen LogP contribution >= 0.6 is 0 Å². The third kappa shape index (κ3) is 10.2. The van der Waals surface area contributed by atoms with E-state index < -0.39 is 6.29 Å². The normalized spacial score (nSPS) is 19.0.